The molecule has 134 valence electrons. The first-order valence-corrected chi connectivity index (χ1v) is 9.24. The number of fused-ring (bicyclic) bond motifs is 1. The summed E-state index contributed by atoms with van der Waals surface area (Å²) in [4.78, 5) is 0. The minimum Gasteiger partial charge on any atom is -0.463 e. The van der Waals surface area contributed by atoms with Gasteiger partial charge in [-0.2, -0.15) is 0 Å². The van der Waals surface area contributed by atoms with E-state index in [4.69, 9.17) is 9.47 Å². The van der Waals surface area contributed by atoms with Crippen LogP contribution >= 0.6 is 0 Å². The Morgan fingerprint density at radius 2 is 1.96 bits per heavy atom. The predicted octanol–water partition coefficient (Wildman–Crippen LogP) is 4.79. The number of aliphatic hydroxyl groups is 1. The van der Waals surface area contributed by atoms with Gasteiger partial charge >= 0.3 is 0 Å². The summed E-state index contributed by atoms with van der Waals surface area (Å²) in [6, 6.07) is 4.42. The fraction of sp³-hybridized carbons (Fsp3) is 0.714. The fourth-order valence-corrected chi connectivity index (χ4v) is 4.71. The van der Waals surface area contributed by atoms with Gasteiger partial charge in [-0.3, -0.25) is 0 Å². The monoisotopic (exact) mass is 332 g/mol. The Labute approximate surface area is 146 Å². The molecule has 1 saturated carbocycles. The SMILES string of the molecule is Cc1cc2c(c([C@H]3[C@@H](C(C)C)CC[C@@]3(C)CO)c1)COC(C)(C)O2. The van der Waals surface area contributed by atoms with Gasteiger partial charge in [-0.15, -0.1) is 0 Å². The van der Waals surface area contributed by atoms with Crippen LogP contribution in [0.15, 0.2) is 12.1 Å². The van der Waals surface area contributed by atoms with Crippen molar-refractivity contribution in [1.82, 2.24) is 0 Å². The minimum atomic E-state index is -0.578. The summed E-state index contributed by atoms with van der Waals surface area (Å²) in [6.07, 6.45) is 2.25. The van der Waals surface area contributed by atoms with Gasteiger partial charge in [0.25, 0.3) is 0 Å². The van der Waals surface area contributed by atoms with Gasteiger partial charge in [-0.05, 0) is 60.1 Å². The molecule has 0 bridgehead atoms. The van der Waals surface area contributed by atoms with E-state index in [1.165, 1.54) is 23.1 Å². The Hall–Kier alpha value is -1.06. The van der Waals surface area contributed by atoms with Gasteiger partial charge in [0.2, 0.25) is 5.79 Å². The molecule has 3 nitrogen and oxygen atoms in total. The molecule has 24 heavy (non-hydrogen) atoms. The summed E-state index contributed by atoms with van der Waals surface area (Å²) in [5.74, 6) is 1.91. The molecule has 0 aromatic heterocycles. The van der Waals surface area contributed by atoms with Crippen molar-refractivity contribution in [2.75, 3.05) is 6.61 Å². The number of hydrogen-bond acceptors (Lipinski definition) is 3. The maximum Gasteiger partial charge on any atom is 0.205 e. The maximum absolute atomic E-state index is 10.2. The van der Waals surface area contributed by atoms with Gasteiger partial charge in [0.1, 0.15) is 5.75 Å². The lowest BCUT2D eigenvalue weighted by atomic mass is 9.69. The van der Waals surface area contributed by atoms with Crippen LogP contribution in [-0.2, 0) is 11.3 Å². The number of benzene rings is 1. The van der Waals surface area contributed by atoms with Gasteiger partial charge in [-0.25, -0.2) is 0 Å². The Morgan fingerprint density at radius 1 is 1.25 bits per heavy atom. The number of rotatable bonds is 3. The molecular formula is C21H32O3. The largest absolute Gasteiger partial charge is 0.463 e. The highest BCUT2D eigenvalue weighted by Crippen LogP contribution is 2.56. The average molecular weight is 332 g/mol. The number of hydrogen-bond donors (Lipinski definition) is 1. The molecule has 1 aromatic rings. The standard InChI is InChI=1S/C21H32O3/c1-13(2)15-7-8-21(6,12-22)19(15)16-9-14(3)10-18-17(16)11-23-20(4,5)24-18/h9-10,13,15,19,22H,7-8,11-12H2,1-6H3/t15-,19-,21+/m1/s1. The second kappa shape index (κ2) is 6.03. The Morgan fingerprint density at radius 3 is 2.58 bits per heavy atom. The van der Waals surface area contributed by atoms with Gasteiger partial charge in [0.15, 0.2) is 0 Å². The van der Waals surface area contributed by atoms with Crippen molar-refractivity contribution in [2.24, 2.45) is 17.3 Å². The summed E-state index contributed by atoms with van der Waals surface area (Å²) in [5, 5.41) is 10.2. The first-order valence-electron chi connectivity index (χ1n) is 9.24. The third-order valence-electron chi connectivity index (χ3n) is 6.09. The summed E-state index contributed by atoms with van der Waals surface area (Å²) in [6.45, 7) is 13.7. The molecule has 0 radical (unpaired) electrons. The molecule has 1 N–H and O–H groups in total. The van der Waals surface area contributed by atoms with E-state index in [-0.39, 0.29) is 12.0 Å². The van der Waals surface area contributed by atoms with Crippen LogP contribution in [0.2, 0.25) is 0 Å². The summed E-state index contributed by atoms with van der Waals surface area (Å²) >= 11 is 0. The van der Waals surface area contributed by atoms with Crippen molar-refractivity contribution < 1.29 is 14.6 Å². The quantitative estimate of drug-likeness (QED) is 0.865. The maximum atomic E-state index is 10.2. The molecule has 3 heteroatoms. The van der Waals surface area contributed by atoms with E-state index in [0.717, 1.165) is 12.2 Å². The van der Waals surface area contributed by atoms with Crippen LogP contribution in [0.1, 0.15) is 70.1 Å². The predicted molar refractivity (Wildman–Crippen MR) is 96.2 cm³/mol. The zero-order valence-electron chi connectivity index (χ0n) is 16.0. The lowest BCUT2D eigenvalue weighted by molar-refractivity contribution is -0.180. The number of ether oxygens (including phenoxy) is 2. The van der Waals surface area contributed by atoms with E-state index in [9.17, 15) is 5.11 Å². The van der Waals surface area contributed by atoms with E-state index in [2.05, 4.69) is 39.8 Å². The van der Waals surface area contributed by atoms with Crippen molar-refractivity contribution in [3.05, 3.63) is 28.8 Å². The molecule has 1 heterocycles. The van der Waals surface area contributed by atoms with Crippen molar-refractivity contribution in [2.45, 2.75) is 72.7 Å². The minimum absolute atomic E-state index is 0.0660. The molecule has 1 aliphatic carbocycles. The highest BCUT2D eigenvalue weighted by Gasteiger charge is 2.48. The van der Waals surface area contributed by atoms with Crippen molar-refractivity contribution >= 4 is 0 Å². The summed E-state index contributed by atoms with van der Waals surface area (Å²) < 4.78 is 12.1. The Kier molecular flexibility index (Phi) is 4.46. The molecule has 1 aliphatic heterocycles. The normalized spacial score (nSPS) is 31.8. The molecular weight excluding hydrogens is 300 g/mol. The Balaban J connectivity index is 2.12. The lowest BCUT2D eigenvalue weighted by Crippen LogP contribution is -2.37. The van der Waals surface area contributed by atoms with Crippen LogP contribution in [0.5, 0.6) is 5.75 Å². The topological polar surface area (TPSA) is 38.7 Å². The van der Waals surface area contributed by atoms with Crippen LogP contribution in [0.3, 0.4) is 0 Å². The second-order valence-corrected chi connectivity index (χ2v) is 8.86. The van der Waals surface area contributed by atoms with E-state index >= 15 is 0 Å². The summed E-state index contributed by atoms with van der Waals surface area (Å²) in [5.41, 5.74) is 3.66. The Bertz CT molecular complexity index is 620. The first-order chi connectivity index (χ1) is 11.2. The van der Waals surface area contributed by atoms with Gasteiger partial charge in [-0.1, -0.05) is 26.8 Å². The third kappa shape index (κ3) is 2.97. The average Bonchev–Trinajstić information content (AvgIpc) is 2.83. The van der Waals surface area contributed by atoms with Crippen LogP contribution in [0.4, 0.5) is 0 Å². The molecule has 2 aliphatic rings. The van der Waals surface area contributed by atoms with Crippen molar-refractivity contribution in [3.8, 4) is 5.75 Å². The second-order valence-electron chi connectivity index (χ2n) is 8.86. The van der Waals surface area contributed by atoms with Crippen LogP contribution in [-0.4, -0.2) is 17.5 Å². The number of aliphatic hydroxyl groups excluding tert-OH is 1. The third-order valence-corrected chi connectivity index (χ3v) is 6.09. The van der Waals surface area contributed by atoms with E-state index in [1.807, 2.05) is 13.8 Å². The van der Waals surface area contributed by atoms with Crippen LogP contribution in [0.25, 0.3) is 0 Å². The molecule has 0 saturated heterocycles. The first kappa shape index (κ1) is 17.8. The smallest absolute Gasteiger partial charge is 0.205 e. The zero-order valence-corrected chi connectivity index (χ0v) is 16.0. The lowest BCUT2D eigenvalue weighted by Gasteiger charge is -2.39. The molecule has 3 atom stereocenters. The highest BCUT2D eigenvalue weighted by molar-refractivity contribution is 5.47. The summed E-state index contributed by atoms with van der Waals surface area (Å²) in [7, 11) is 0. The van der Waals surface area contributed by atoms with Crippen molar-refractivity contribution in [3.63, 3.8) is 0 Å². The highest BCUT2D eigenvalue weighted by atomic mass is 16.7. The molecule has 1 fully saturated rings. The zero-order chi connectivity index (χ0) is 17.7. The molecule has 1 aromatic carbocycles. The van der Waals surface area contributed by atoms with E-state index in [1.54, 1.807) is 0 Å². The molecule has 0 spiro atoms. The van der Waals surface area contributed by atoms with Crippen LogP contribution < -0.4 is 4.74 Å². The van der Waals surface area contributed by atoms with Gasteiger partial charge < -0.3 is 14.6 Å². The fourth-order valence-electron chi connectivity index (χ4n) is 4.71. The molecule has 0 unspecified atom stereocenters. The van der Waals surface area contributed by atoms with E-state index < -0.39 is 5.79 Å². The van der Waals surface area contributed by atoms with Crippen molar-refractivity contribution in [1.29, 1.82) is 0 Å². The molecule has 3 rings (SSSR count). The van der Waals surface area contributed by atoms with Gasteiger partial charge in [0.05, 0.1) is 6.61 Å². The molecule has 0 amide bonds. The van der Waals surface area contributed by atoms with Crippen LogP contribution in [0, 0.1) is 24.2 Å². The van der Waals surface area contributed by atoms with E-state index in [0.29, 0.717) is 24.4 Å². The number of aryl methyl sites for hydroxylation is 1. The van der Waals surface area contributed by atoms with Gasteiger partial charge in [0, 0.05) is 26.0 Å².